The van der Waals surface area contributed by atoms with Crippen LogP contribution in [0.3, 0.4) is 0 Å². The summed E-state index contributed by atoms with van der Waals surface area (Å²) in [4.78, 5) is 33.9. The molecule has 1 unspecified atom stereocenters. The summed E-state index contributed by atoms with van der Waals surface area (Å²) in [7, 11) is 0. The van der Waals surface area contributed by atoms with E-state index in [1.165, 1.54) is 6.20 Å². The number of benzene rings is 1. The number of piperidine rings is 1. The third-order valence-corrected chi connectivity index (χ3v) is 5.58. The minimum absolute atomic E-state index is 0.139. The summed E-state index contributed by atoms with van der Waals surface area (Å²) in [6.45, 7) is 8.62. The highest BCUT2D eigenvalue weighted by Crippen LogP contribution is 2.30. The van der Waals surface area contributed by atoms with Crippen LogP contribution in [0, 0.1) is 0 Å². The molecule has 10 nitrogen and oxygen atoms in total. The number of carbonyl (C=O) groups excluding carboxylic acids is 2. The van der Waals surface area contributed by atoms with Crippen molar-refractivity contribution in [1.82, 2.24) is 9.97 Å². The molecule has 3 rings (SSSR count). The first-order valence-corrected chi connectivity index (χ1v) is 11.0. The molecule has 178 valence electrons. The Morgan fingerprint density at radius 2 is 2.00 bits per heavy atom. The summed E-state index contributed by atoms with van der Waals surface area (Å²) in [5, 5.41) is 13.7. The maximum absolute atomic E-state index is 12.1. The number of aromatic nitrogens is 2. The molecule has 2 heterocycles. The Hall–Kier alpha value is -3.40. The van der Waals surface area contributed by atoms with Crippen LogP contribution >= 0.6 is 0 Å². The fourth-order valence-electron chi connectivity index (χ4n) is 3.73. The first-order chi connectivity index (χ1) is 15.4. The summed E-state index contributed by atoms with van der Waals surface area (Å²) in [5.74, 6) is 0.191. The minimum atomic E-state index is -1.05. The third kappa shape index (κ3) is 6.10. The number of rotatable bonds is 7. The molecule has 0 saturated carbocycles. The lowest BCUT2D eigenvalue weighted by Crippen LogP contribution is -2.42. The number of hydrogen-bond acceptors (Lipinski definition) is 8. The van der Waals surface area contributed by atoms with Crippen molar-refractivity contribution in [1.29, 1.82) is 0 Å². The predicted molar refractivity (Wildman–Crippen MR) is 126 cm³/mol. The Bertz CT molecular complexity index is 1030. The van der Waals surface area contributed by atoms with Crippen LogP contribution in [0.15, 0.2) is 24.4 Å². The zero-order valence-corrected chi connectivity index (χ0v) is 19.5. The van der Waals surface area contributed by atoms with Gasteiger partial charge in [-0.1, -0.05) is 19.9 Å². The van der Waals surface area contributed by atoms with Crippen LogP contribution in [-0.4, -0.2) is 46.3 Å². The molecule has 1 aliphatic rings. The van der Waals surface area contributed by atoms with Gasteiger partial charge in [0.1, 0.15) is 17.5 Å². The fourth-order valence-corrected chi connectivity index (χ4v) is 3.73. The van der Waals surface area contributed by atoms with E-state index >= 15 is 0 Å². The van der Waals surface area contributed by atoms with Gasteiger partial charge >= 0.3 is 6.09 Å². The number of anilines is 3. The number of nitrogens with one attached hydrogen (secondary N) is 1. The van der Waals surface area contributed by atoms with E-state index in [9.17, 15) is 14.7 Å². The third-order valence-electron chi connectivity index (χ3n) is 5.58. The molecule has 1 atom stereocenters. The van der Waals surface area contributed by atoms with Gasteiger partial charge in [-0.15, -0.1) is 0 Å². The molecule has 1 fully saturated rings. The predicted octanol–water partition coefficient (Wildman–Crippen LogP) is 2.73. The first kappa shape index (κ1) is 24.2. The topological polar surface area (TPSA) is 157 Å². The lowest BCUT2D eigenvalue weighted by molar-refractivity contribution is 0.0785. The monoisotopic (exact) mass is 456 g/mol. The Kier molecular flexibility index (Phi) is 7.06. The van der Waals surface area contributed by atoms with Crippen LogP contribution in [-0.2, 0) is 10.3 Å². The summed E-state index contributed by atoms with van der Waals surface area (Å²) in [6.07, 6.45) is 1.68. The van der Waals surface area contributed by atoms with Crippen molar-refractivity contribution in [2.24, 2.45) is 11.5 Å². The van der Waals surface area contributed by atoms with Gasteiger partial charge in [-0.3, -0.25) is 4.79 Å². The van der Waals surface area contributed by atoms with E-state index in [0.29, 0.717) is 31.1 Å². The molecule has 0 aliphatic carbocycles. The summed E-state index contributed by atoms with van der Waals surface area (Å²) < 4.78 is 5.14. The van der Waals surface area contributed by atoms with Gasteiger partial charge in [0.05, 0.1) is 12.1 Å². The number of carbonyl (C=O) groups is 2. The molecule has 1 saturated heterocycles. The fraction of sp³-hybridized carbons (Fsp3) is 0.478. The molecule has 2 aromatic rings. The second-order valence-corrected chi connectivity index (χ2v) is 9.13. The largest absolute Gasteiger partial charge is 0.445 e. The van der Waals surface area contributed by atoms with Crippen LogP contribution in [0.5, 0.6) is 0 Å². The molecule has 6 N–H and O–H groups in total. The standard InChI is InChI=1S/C23H32N6O4/c1-13(2)14-8-15(23(3,4)32)10-16(9-14)27-20-18(19(24)30)11-26-22(28-20)29-7-5-6-17(12-29)33-21(25)31/h8-11,13,17,32H,5-7,12H2,1-4H3,(H2,24,30)(H2,25,31)(H,26,27,28). The zero-order chi connectivity index (χ0) is 24.3. The Morgan fingerprint density at radius 3 is 2.61 bits per heavy atom. The molecule has 2 amide bonds. The Balaban J connectivity index is 1.96. The SMILES string of the molecule is CC(C)c1cc(Nc2nc(N3CCCC(OC(N)=O)C3)ncc2C(N)=O)cc(C(C)(C)O)c1. The number of primary amides is 2. The van der Waals surface area contributed by atoms with E-state index in [2.05, 4.69) is 29.1 Å². The molecular weight excluding hydrogens is 424 g/mol. The van der Waals surface area contributed by atoms with E-state index in [4.69, 9.17) is 16.2 Å². The number of nitrogens with zero attached hydrogens (tertiary/aromatic N) is 3. The molecular formula is C23H32N6O4. The van der Waals surface area contributed by atoms with Crippen LogP contribution < -0.4 is 21.7 Å². The van der Waals surface area contributed by atoms with Gasteiger partial charge in [0.2, 0.25) is 5.95 Å². The zero-order valence-electron chi connectivity index (χ0n) is 19.5. The Morgan fingerprint density at radius 1 is 1.27 bits per heavy atom. The average molecular weight is 457 g/mol. The van der Waals surface area contributed by atoms with Crippen molar-refractivity contribution in [2.45, 2.75) is 58.2 Å². The number of hydrogen-bond donors (Lipinski definition) is 4. The number of nitrogens with two attached hydrogens (primary N) is 2. The van der Waals surface area contributed by atoms with Crippen LogP contribution in [0.4, 0.5) is 22.2 Å². The smallest absolute Gasteiger partial charge is 0.404 e. The van der Waals surface area contributed by atoms with Crippen molar-refractivity contribution in [3.05, 3.63) is 41.1 Å². The van der Waals surface area contributed by atoms with Gasteiger partial charge in [-0.05, 0) is 55.9 Å². The molecule has 33 heavy (non-hydrogen) atoms. The van der Waals surface area contributed by atoms with Gasteiger partial charge in [-0.2, -0.15) is 4.98 Å². The van der Waals surface area contributed by atoms with Crippen molar-refractivity contribution in [3.63, 3.8) is 0 Å². The van der Waals surface area contributed by atoms with E-state index in [1.807, 2.05) is 23.1 Å². The number of aliphatic hydroxyl groups is 1. The van der Waals surface area contributed by atoms with Crippen molar-refractivity contribution in [3.8, 4) is 0 Å². The van der Waals surface area contributed by atoms with E-state index < -0.39 is 17.6 Å². The van der Waals surface area contributed by atoms with Crippen LogP contribution in [0.25, 0.3) is 0 Å². The van der Waals surface area contributed by atoms with Gasteiger partial charge in [0, 0.05) is 18.4 Å². The van der Waals surface area contributed by atoms with Gasteiger partial charge in [0.15, 0.2) is 0 Å². The lowest BCUT2D eigenvalue weighted by Gasteiger charge is -2.32. The quantitative estimate of drug-likeness (QED) is 0.495. The minimum Gasteiger partial charge on any atom is -0.445 e. The number of ether oxygens (including phenoxy) is 1. The van der Waals surface area contributed by atoms with Crippen LogP contribution in [0.2, 0.25) is 0 Å². The molecule has 1 aliphatic heterocycles. The van der Waals surface area contributed by atoms with Crippen molar-refractivity contribution in [2.75, 3.05) is 23.3 Å². The highest BCUT2D eigenvalue weighted by Gasteiger charge is 2.25. The van der Waals surface area contributed by atoms with Crippen molar-refractivity contribution < 1.29 is 19.4 Å². The Labute approximate surface area is 193 Å². The normalized spacial score (nSPS) is 16.5. The maximum Gasteiger partial charge on any atom is 0.404 e. The van der Waals surface area contributed by atoms with E-state index in [1.54, 1.807) is 13.8 Å². The molecule has 1 aromatic carbocycles. The lowest BCUT2D eigenvalue weighted by atomic mass is 9.92. The van der Waals surface area contributed by atoms with Gasteiger partial charge in [-0.25, -0.2) is 9.78 Å². The average Bonchev–Trinajstić information content (AvgIpc) is 2.72. The molecule has 1 aromatic heterocycles. The second-order valence-electron chi connectivity index (χ2n) is 9.13. The van der Waals surface area contributed by atoms with E-state index in [0.717, 1.165) is 17.5 Å². The van der Waals surface area contributed by atoms with Gasteiger partial charge < -0.3 is 31.5 Å². The maximum atomic E-state index is 12.1. The van der Waals surface area contributed by atoms with Crippen molar-refractivity contribution >= 4 is 29.5 Å². The summed E-state index contributed by atoms with van der Waals surface area (Å²) in [6, 6.07) is 5.73. The summed E-state index contributed by atoms with van der Waals surface area (Å²) in [5.41, 5.74) is 12.2. The summed E-state index contributed by atoms with van der Waals surface area (Å²) >= 11 is 0. The molecule has 0 radical (unpaired) electrons. The van der Waals surface area contributed by atoms with Crippen LogP contribution in [0.1, 0.15) is 67.9 Å². The highest BCUT2D eigenvalue weighted by atomic mass is 16.6. The van der Waals surface area contributed by atoms with E-state index in [-0.39, 0.29) is 23.4 Å². The second kappa shape index (κ2) is 9.62. The molecule has 0 spiro atoms. The molecule has 10 heteroatoms. The number of amides is 2. The molecule has 0 bridgehead atoms. The highest BCUT2D eigenvalue weighted by molar-refractivity contribution is 5.98. The van der Waals surface area contributed by atoms with Gasteiger partial charge in [0.25, 0.3) is 5.91 Å². The first-order valence-electron chi connectivity index (χ1n) is 11.0.